The zero-order valence-corrected chi connectivity index (χ0v) is 17.2. The monoisotopic (exact) mass is 383 g/mol. The molecule has 0 radical (unpaired) electrons. The number of anilines is 1. The number of aryl methyl sites for hydroxylation is 1. The molecule has 5 heteroatoms. The summed E-state index contributed by atoms with van der Waals surface area (Å²) >= 11 is 0. The van der Waals surface area contributed by atoms with Crippen molar-refractivity contribution < 1.29 is 19.0 Å². The Morgan fingerprint density at radius 2 is 1.75 bits per heavy atom. The summed E-state index contributed by atoms with van der Waals surface area (Å²) < 4.78 is 16.5. The minimum atomic E-state index is -0.236. The van der Waals surface area contributed by atoms with E-state index in [0.29, 0.717) is 35.5 Å². The van der Waals surface area contributed by atoms with Gasteiger partial charge in [0.05, 0.1) is 26.5 Å². The van der Waals surface area contributed by atoms with Gasteiger partial charge in [0.1, 0.15) is 5.75 Å². The maximum atomic E-state index is 12.3. The molecule has 0 bridgehead atoms. The first-order valence-electron chi connectivity index (χ1n) is 9.37. The lowest BCUT2D eigenvalue weighted by molar-refractivity contribution is -0.111. The second-order valence-electron chi connectivity index (χ2n) is 6.97. The lowest BCUT2D eigenvalue weighted by atomic mass is 10.1. The number of nitrogens with one attached hydrogen (secondary N) is 1. The van der Waals surface area contributed by atoms with Gasteiger partial charge in [-0.25, -0.2) is 0 Å². The molecule has 0 fully saturated rings. The Bertz CT molecular complexity index is 827. The topological polar surface area (TPSA) is 56.8 Å². The number of carbonyl (C=O) groups excluding carboxylic acids is 1. The molecule has 0 aliphatic rings. The fourth-order valence-corrected chi connectivity index (χ4v) is 2.58. The van der Waals surface area contributed by atoms with Crippen LogP contribution >= 0.6 is 0 Å². The molecule has 0 aromatic heterocycles. The van der Waals surface area contributed by atoms with Gasteiger partial charge in [0.15, 0.2) is 11.5 Å². The van der Waals surface area contributed by atoms with Crippen molar-refractivity contribution in [3.63, 3.8) is 0 Å². The van der Waals surface area contributed by atoms with Crippen LogP contribution in [0.15, 0.2) is 42.5 Å². The van der Waals surface area contributed by atoms with Crippen LogP contribution in [-0.4, -0.2) is 26.7 Å². The van der Waals surface area contributed by atoms with Crippen molar-refractivity contribution in [3.05, 3.63) is 53.6 Å². The van der Waals surface area contributed by atoms with Crippen molar-refractivity contribution in [2.75, 3.05) is 26.1 Å². The molecule has 2 aromatic carbocycles. The van der Waals surface area contributed by atoms with Gasteiger partial charge in [0, 0.05) is 6.08 Å². The van der Waals surface area contributed by atoms with Crippen LogP contribution in [0.25, 0.3) is 6.08 Å². The standard InChI is InChI=1S/C23H29NO4/c1-16(2)12-13-28-21-10-7-18(15-22(21)27-5)8-11-23(25)24-19-14-17(3)6-9-20(19)26-4/h6-11,14-16H,12-13H2,1-5H3,(H,24,25). The molecule has 0 aliphatic heterocycles. The van der Waals surface area contributed by atoms with Crippen LogP contribution in [0.4, 0.5) is 5.69 Å². The van der Waals surface area contributed by atoms with Gasteiger partial charge in [-0.05, 0) is 60.7 Å². The molecule has 28 heavy (non-hydrogen) atoms. The molecule has 150 valence electrons. The Morgan fingerprint density at radius 1 is 1.04 bits per heavy atom. The van der Waals surface area contributed by atoms with E-state index in [2.05, 4.69) is 19.2 Å². The van der Waals surface area contributed by atoms with Crippen molar-refractivity contribution in [1.82, 2.24) is 0 Å². The SMILES string of the molecule is COc1ccc(C)cc1NC(=O)C=Cc1ccc(OCCC(C)C)c(OC)c1. The lowest BCUT2D eigenvalue weighted by Gasteiger charge is -2.12. The molecule has 0 saturated carbocycles. The minimum Gasteiger partial charge on any atom is -0.495 e. The van der Waals surface area contributed by atoms with Gasteiger partial charge in [-0.1, -0.05) is 26.0 Å². The van der Waals surface area contributed by atoms with E-state index in [9.17, 15) is 4.79 Å². The highest BCUT2D eigenvalue weighted by molar-refractivity contribution is 6.02. The summed E-state index contributed by atoms with van der Waals surface area (Å²) in [4.78, 5) is 12.3. The van der Waals surface area contributed by atoms with Crippen LogP contribution in [0, 0.1) is 12.8 Å². The third-order valence-corrected chi connectivity index (χ3v) is 4.18. The molecule has 0 heterocycles. The Morgan fingerprint density at radius 3 is 2.43 bits per heavy atom. The number of ether oxygens (including phenoxy) is 3. The van der Waals surface area contributed by atoms with E-state index in [4.69, 9.17) is 14.2 Å². The summed E-state index contributed by atoms with van der Waals surface area (Å²) in [6, 6.07) is 11.2. The van der Waals surface area contributed by atoms with Crippen molar-refractivity contribution in [3.8, 4) is 17.2 Å². The molecular weight excluding hydrogens is 354 g/mol. The molecule has 5 nitrogen and oxygen atoms in total. The van der Waals surface area contributed by atoms with Crippen LogP contribution in [-0.2, 0) is 4.79 Å². The van der Waals surface area contributed by atoms with Crippen molar-refractivity contribution >= 4 is 17.7 Å². The van der Waals surface area contributed by atoms with Gasteiger partial charge in [0.25, 0.3) is 0 Å². The molecule has 0 atom stereocenters. The van der Waals surface area contributed by atoms with Crippen molar-refractivity contribution in [2.24, 2.45) is 5.92 Å². The molecule has 0 unspecified atom stereocenters. The smallest absolute Gasteiger partial charge is 0.248 e. The Kier molecular flexibility index (Phi) is 7.93. The molecule has 0 spiro atoms. The van der Waals surface area contributed by atoms with E-state index in [1.54, 1.807) is 20.3 Å². The maximum Gasteiger partial charge on any atom is 0.248 e. The van der Waals surface area contributed by atoms with Gasteiger partial charge in [-0.3, -0.25) is 4.79 Å². The molecular formula is C23H29NO4. The number of rotatable bonds is 9. The molecule has 0 aliphatic carbocycles. The molecule has 1 amide bonds. The van der Waals surface area contributed by atoms with Crippen LogP contribution in [0.1, 0.15) is 31.4 Å². The first-order valence-corrected chi connectivity index (χ1v) is 9.37. The summed E-state index contributed by atoms with van der Waals surface area (Å²) in [5.74, 6) is 2.32. The van der Waals surface area contributed by atoms with E-state index in [1.807, 2.05) is 43.3 Å². The van der Waals surface area contributed by atoms with E-state index in [0.717, 1.165) is 17.5 Å². The largest absolute Gasteiger partial charge is 0.495 e. The van der Waals surface area contributed by atoms with Gasteiger partial charge in [-0.15, -0.1) is 0 Å². The minimum absolute atomic E-state index is 0.236. The summed E-state index contributed by atoms with van der Waals surface area (Å²) in [6.45, 7) is 6.92. The number of benzene rings is 2. The first-order chi connectivity index (χ1) is 13.4. The average Bonchev–Trinajstić information content (AvgIpc) is 2.67. The van der Waals surface area contributed by atoms with E-state index < -0.39 is 0 Å². The number of methoxy groups -OCH3 is 2. The van der Waals surface area contributed by atoms with Gasteiger partial charge in [-0.2, -0.15) is 0 Å². The predicted octanol–water partition coefficient (Wildman–Crippen LogP) is 5.09. The molecule has 0 saturated heterocycles. The highest BCUT2D eigenvalue weighted by atomic mass is 16.5. The van der Waals surface area contributed by atoms with Crippen LogP contribution in [0.3, 0.4) is 0 Å². The average molecular weight is 383 g/mol. The lowest BCUT2D eigenvalue weighted by Crippen LogP contribution is -2.09. The van der Waals surface area contributed by atoms with Gasteiger partial charge < -0.3 is 19.5 Å². The number of hydrogen-bond acceptors (Lipinski definition) is 4. The Labute approximate surface area is 167 Å². The molecule has 1 N–H and O–H groups in total. The summed E-state index contributed by atoms with van der Waals surface area (Å²) in [6.07, 6.45) is 4.20. The van der Waals surface area contributed by atoms with Crippen LogP contribution in [0.2, 0.25) is 0 Å². The predicted molar refractivity (Wildman–Crippen MR) is 113 cm³/mol. The van der Waals surface area contributed by atoms with E-state index >= 15 is 0 Å². The second kappa shape index (κ2) is 10.4. The third kappa shape index (κ3) is 6.34. The van der Waals surface area contributed by atoms with Crippen molar-refractivity contribution in [2.45, 2.75) is 27.2 Å². The summed E-state index contributed by atoms with van der Waals surface area (Å²) in [5, 5.41) is 2.84. The zero-order valence-electron chi connectivity index (χ0n) is 17.2. The maximum absolute atomic E-state index is 12.3. The normalized spacial score (nSPS) is 10.9. The third-order valence-electron chi connectivity index (χ3n) is 4.18. The first kappa shape index (κ1) is 21.4. The fraction of sp³-hybridized carbons (Fsp3) is 0.348. The molecule has 2 aromatic rings. The number of carbonyl (C=O) groups is 1. The highest BCUT2D eigenvalue weighted by Crippen LogP contribution is 2.29. The van der Waals surface area contributed by atoms with Crippen molar-refractivity contribution in [1.29, 1.82) is 0 Å². The van der Waals surface area contributed by atoms with Gasteiger partial charge >= 0.3 is 0 Å². The highest BCUT2D eigenvalue weighted by Gasteiger charge is 2.07. The number of amides is 1. The number of hydrogen-bond donors (Lipinski definition) is 1. The zero-order chi connectivity index (χ0) is 20.5. The fourth-order valence-electron chi connectivity index (χ4n) is 2.58. The summed E-state index contributed by atoms with van der Waals surface area (Å²) in [5.41, 5.74) is 2.53. The summed E-state index contributed by atoms with van der Waals surface area (Å²) in [7, 11) is 3.18. The Hall–Kier alpha value is -2.95. The van der Waals surface area contributed by atoms with E-state index in [1.165, 1.54) is 6.08 Å². The second-order valence-corrected chi connectivity index (χ2v) is 6.97. The van der Waals surface area contributed by atoms with E-state index in [-0.39, 0.29) is 5.91 Å². The van der Waals surface area contributed by atoms with Gasteiger partial charge in [0.2, 0.25) is 5.91 Å². The quantitative estimate of drug-likeness (QED) is 0.613. The van der Waals surface area contributed by atoms with Crippen LogP contribution in [0.5, 0.6) is 17.2 Å². The van der Waals surface area contributed by atoms with Crippen LogP contribution < -0.4 is 19.5 Å². The molecule has 2 rings (SSSR count). The Balaban J connectivity index is 2.05.